The van der Waals surface area contributed by atoms with E-state index in [9.17, 15) is 0 Å². The van der Waals surface area contributed by atoms with E-state index < -0.39 is 0 Å². The molecular weight excluding hydrogens is 232 g/mol. The molecule has 2 aromatic rings. The third kappa shape index (κ3) is 1.73. The van der Waals surface area contributed by atoms with E-state index in [0.29, 0.717) is 11.3 Å². The Kier molecular flexibility index (Phi) is 2.66. The van der Waals surface area contributed by atoms with Gasteiger partial charge in [0.15, 0.2) is 0 Å². The number of H-pyrrole nitrogens is 1. The average molecular weight is 254 g/mol. The van der Waals surface area contributed by atoms with Gasteiger partial charge in [-0.25, -0.2) is 0 Å². The van der Waals surface area contributed by atoms with Crippen molar-refractivity contribution in [2.24, 2.45) is 5.41 Å². The van der Waals surface area contributed by atoms with Crippen LogP contribution < -0.4 is 5.32 Å². The first-order chi connectivity index (χ1) is 9.39. The lowest BCUT2D eigenvalue weighted by Crippen LogP contribution is -2.31. The van der Waals surface area contributed by atoms with E-state index in [1.807, 2.05) is 0 Å². The fraction of sp³-hybridized carbons (Fsp3) is 0.529. The van der Waals surface area contributed by atoms with Crippen LogP contribution in [0.1, 0.15) is 43.6 Å². The molecule has 2 nitrogen and oxygen atoms in total. The van der Waals surface area contributed by atoms with Gasteiger partial charge in [-0.2, -0.15) is 0 Å². The summed E-state index contributed by atoms with van der Waals surface area (Å²) < 4.78 is 0. The molecule has 2 fully saturated rings. The maximum atomic E-state index is 3.67. The molecule has 0 radical (unpaired) electrons. The van der Waals surface area contributed by atoms with Crippen LogP contribution in [0.3, 0.4) is 0 Å². The van der Waals surface area contributed by atoms with Crippen molar-refractivity contribution in [1.82, 2.24) is 10.3 Å². The number of rotatable bonds is 1. The molecule has 1 aliphatic carbocycles. The first-order valence-electron chi connectivity index (χ1n) is 7.66. The van der Waals surface area contributed by atoms with Crippen LogP contribution >= 0.6 is 0 Å². The minimum absolute atomic E-state index is 0.531. The molecule has 1 saturated carbocycles. The molecule has 1 aromatic carbocycles. The highest BCUT2D eigenvalue weighted by Gasteiger charge is 2.44. The molecule has 2 aliphatic rings. The van der Waals surface area contributed by atoms with Gasteiger partial charge in [0.2, 0.25) is 0 Å². The van der Waals surface area contributed by atoms with Gasteiger partial charge in [-0.15, -0.1) is 0 Å². The Morgan fingerprint density at radius 2 is 1.89 bits per heavy atom. The average Bonchev–Trinajstić information content (AvgIpc) is 3.04. The second-order valence-corrected chi connectivity index (χ2v) is 6.40. The van der Waals surface area contributed by atoms with Crippen molar-refractivity contribution < 1.29 is 0 Å². The van der Waals surface area contributed by atoms with Crippen molar-refractivity contribution in [1.29, 1.82) is 0 Å². The van der Waals surface area contributed by atoms with E-state index in [2.05, 4.69) is 40.8 Å². The summed E-state index contributed by atoms with van der Waals surface area (Å²) in [6, 6.07) is 8.74. The van der Waals surface area contributed by atoms with Crippen LogP contribution in [0.15, 0.2) is 30.5 Å². The normalized spacial score (nSPS) is 26.2. The zero-order chi connectivity index (χ0) is 12.7. The number of para-hydroxylation sites is 1. The number of nitrogens with one attached hydrogen (secondary N) is 2. The lowest BCUT2D eigenvalue weighted by atomic mass is 9.66. The molecule has 1 saturated heterocycles. The van der Waals surface area contributed by atoms with Gasteiger partial charge in [0.05, 0.1) is 0 Å². The Bertz CT molecular complexity index is 578. The third-order valence-corrected chi connectivity index (χ3v) is 5.41. The number of aromatic nitrogens is 1. The number of fused-ring (bicyclic) bond motifs is 1. The summed E-state index contributed by atoms with van der Waals surface area (Å²) in [6.07, 6.45) is 9.34. The summed E-state index contributed by atoms with van der Waals surface area (Å²) in [5.41, 5.74) is 3.36. The van der Waals surface area contributed by atoms with Crippen molar-refractivity contribution in [2.45, 2.75) is 38.0 Å². The molecule has 2 N–H and O–H groups in total. The summed E-state index contributed by atoms with van der Waals surface area (Å²) in [5, 5.41) is 5.10. The fourth-order valence-electron chi connectivity index (χ4n) is 4.41. The first kappa shape index (κ1) is 11.5. The van der Waals surface area contributed by atoms with E-state index in [1.165, 1.54) is 49.6 Å². The maximum Gasteiger partial charge on any atom is 0.0456 e. The Morgan fingerprint density at radius 3 is 2.79 bits per heavy atom. The lowest BCUT2D eigenvalue weighted by Gasteiger charge is -2.38. The first-order valence-corrected chi connectivity index (χ1v) is 7.66. The van der Waals surface area contributed by atoms with E-state index in [-0.39, 0.29) is 0 Å². The molecule has 100 valence electrons. The van der Waals surface area contributed by atoms with Crippen LogP contribution in [-0.4, -0.2) is 18.1 Å². The number of aromatic amines is 1. The molecule has 1 atom stereocenters. The number of hydrogen-bond acceptors (Lipinski definition) is 1. The van der Waals surface area contributed by atoms with Crippen molar-refractivity contribution in [2.75, 3.05) is 13.1 Å². The molecule has 19 heavy (non-hydrogen) atoms. The van der Waals surface area contributed by atoms with Gasteiger partial charge in [-0.05, 0) is 29.9 Å². The predicted octanol–water partition coefficient (Wildman–Crippen LogP) is 3.81. The van der Waals surface area contributed by atoms with Gasteiger partial charge in [-0.1, -0.05) is 37.5 Å². The SMILES string of the molecule is c1ccc2c(C3CNCC34CCCCC4)c[nH]c2c1. The third-order valence-electron chi connectivity index (χ3n) is 5.41. The van der Waals surface area contributed by atoms with Crippen molar-refractivity contribution in [3.8, 4) is 0 Å². The molecule has 0 bridgehead atoms. The molecular formula is C17H22N2. The molecule has 0 amide bonds. The van der Waals surface area contributed by atoms with Crippen LogP contribution in [0.5, 0.6) is 0 Å². The molecule has 1 aliphatic heterocycles. The van der Waals surface area contributed by atoms with E-state index in [4.69, 9.17) is 0 Å². The van der Waals surface area contributed by atoms with Gasteiger partial charge in [0.1, 0.15) is 0 Å². The Morgan fingerprint density at radius 1 is 1.05 bits per heavy atom. The van der Waals surface area contributed by atoms with E-state index in [1.54, 1.807) is 5.56 Å². The monoisotopic (exact) mass is 254 g/mol. The molecule has 1 unspecified atom stereocenters. The van der Waals surface area contributed by atoms with Crippen molar-refractivity contribution >= 4 is 10.9 Å². The van der Waals surface area contributed by atoms with Gasteiger partial charge in [0.25, 0.3) is 0 Å². The second-order valence-electron chi connectivity index (χ2n) is 6.40. The van der Waals surface area contributed by atoms with Crippen LogP contribution in [-0.2, 0) is 0 Å². The largest absolute Gasteiger partial charge is 0.361 e. The fourth-order valence-corrected chi connectivity index (χ4v) is 4.41. The minimum atomic E-state index is 0.531. The molecule has 2 heteroatoms. The van der Waals surface area contributed by atoms with Crippen LogP contribution in [0.4, 0.5) is 0 Å². The molecule has 2 heterocycles. The van der Waals surface area contributed by atoms with Crippen molar-refractivity contribution in [3.63, 3.8) is 0 Å². The highest BCUT2D eigenvalue weighted by molar-refractivity contribution is 5.83. The van der Waals surface area contributed by atoms with E-state index >= 15 is 0 Å². The number of benzene rings is 1. The smallest absolute Gasteiger partial charge is 0.0456 e. The van der Waals surface area contributed by atoms with Crippen LogP contribution in [0.25, 0.3) is 10.9 Å². The standard InChI is InChI=1S/C17H22N2/c1-4-8-17(9-5-1)12-18-11-15(17)14-10-19-16-7-3-2-6-13(14)16/h2-3,6-7,10,15,18-19H,1,4-5,8-9,11-12H2. The summed E-state index contributed by atoms with van der Waals surface area (Å²) >= 11 is 0. The highest BCUT2D eigenvalue weighted by atomic mass is 14.9. The Hall–Kier alpha value is -1.28. The van der Waals surface area contributed by atoms with Gasteiger partial charge >= 0.3 is 0 Å². The summed E-state index contributed by atoms with van der Waals surface area (Å²) in [6.45, 7) is 2.37. The quantitative estimate of drug-likeness (QED) is 0.796. The van der Waals surface area contributed by atoms with Gasteiger partial charge in [-0.3, -0.25) is 0 Å². The second kappa shape index (κ2) is 4.38. The van der Waals surface area contributed by atoms with E-state index in [0.717, 1.165) is 6.54 Å². The predicted molar refractivity (Wildman–Crippen MR) is 79.4 cm³/mol. The number of hydrogen-bond donors (Lipinski definition) is 2. The highest BCUT2D eigenvalue weighted by Crippen LogP contribution is 2.50. The zero-order valence-electron chi connectivity index (χ0n) is 11.4. The Balaban J connectivity index is 1.78. The molecule has 4 rings (SSSR count). The molecule has 1 spiro atoms. The molecule has 1 aromatic heterocycles. The summed E-state index contributed by atoms with van der Waals surface area (Å²) in [7, 11) is 0. The summed E-state index contributed by atoms with van der Waals surface area (Å²) in [5.74, 6) is 0.698. The van der Waals surface area contributed by atoms with Gasteiger partial charge < -0.3 is 10.3 Å². The summed E-state index contributed by atoms with van der Waals surface area (Å²) in [4.78, 5) is 3.46. The van der Waals surface area contributed by atoms with Crippen molar-refractivity contribution in [3.05, 3.63) is 36.0 Å². The minimum Gasteiger partial charge on any atom is -0.361 e. The topological polar surface area (TPSA) is 27.8 Å². The maximum absolute atomic E-state index is 3.67. The van der Waals surface area contributed by atoms with Crippen LogP contribution in [0.2, 0.25) is 0 Å². The lowest BCUT2D eigenvalue weighted by molar-refractivity contribution is 0.190. The van der Waals surface area contributed by atoms with Crippen LogP contribution in [0, 0.1) is 5.41 Å². The van der Waals surface area contributed by atoms with Gasteiger partial charge in [0, 0.05) is 36.1 Å². The zero-order valence-corrected chi connectivity index (χ0v) is 11.4. The Labute approximate surface area is 114 Å².